The van der Waals surface area contributed by atoms with Crippen LogP contribution in [0, 0.1) is 5.92 Å². The highest BCUT2D eigenvalue weighted by Gasteiger charge is 2.19. The first kappa shape index (κ1) is 15.9. The Morgan fingerprint density at radius 2 is 1.88 bits per heavy atom. The Morgan fingerprint density at radius 1 is 1.25 bits per heavy atom. The van der Waals surface area contributed by atoms with E-state index in [0.717, 1.165) is 18.8 Å². The van der Waals surface area contributed by atoms with Gasteiger partial charge in [0.15, 0.2) is 0 Å². The second-order valence-electron chi connectivity index (χ2n) is 5.91. The van der Waals surface area contributed by atoms with Gasteiger partial charge in [-0.1, -0.05) is 33.6 Å². The smallest absolute Gasteiger partial charge is 0.0126 e. The summed E-state index contributed by atoms with van der Waals surface area (Å²) in [6.45, 7) is 8.99. The minimum atomic E-state index is 0.0299. The normalized spacial score (nSPS) is 17.4. The highest BCUT2D eigenvalue weighted by atomic mass is 14.9. The third-order valence-electron chi connectivity index (χ3n) is 3.33. The maximum absolute atomic E-state index is 6.31. The van der Waals surface area contributed by atoms with E-state index in [4.69, 9.17) is 5.73 Å². The molecule has 2 unspecified atom stereocenters. The van der Waals surface area contributed by atoms with Gasteiger partial charge in [0.1, 0.15) is 0 Å². The Balaban J connectivity index is 3.89. The van der Waals surface area contributed by atoms with Crippen LogP contribution in [0.3, 0.4) is 0 Å². The predicted octanol–water partition coefficient (Wildman–Crippen LogP) is 3.31. The summed E-state index contributed by atoms with van der Waals surface area (Å²) in [4.78, 5) is 0. The molecule has 2 nitrogen and oxygen atoms in total. The van der Waals surface area contributed by atoms with Crippen LogP contribution < -0.4 is 11.1 Å². The lowest BCUT2D eigenvalue weighted by Crippen LogP contribution is -2.38. The van der Waals surface area contributed by atoms with Crippen molar-refractivity contribution in [3.63, 3.8) is 0 Å². The van der Waals surface area contributed by atoms with Crippen LogP contribution >= 0.6 is 0 Å². The molecule has 0 aliphatic carbocycles. The molecule has 0 aromatic rings. The molecule has 0 radical (unpaired) electrons. The van der Waals surface area contributed by atoms with Gasteiger partial charge in [0.2, 0.25) is 0 Å². The second-order valence-corrected chi connectivity index (χ2v) is 5.91. The van der Waals surface area contributed by atoms with Crippen molar-refractivity contribution in [1.82, 2.24) is 5.32 Å². The molecule has 0 bridgehead atoms. The largest absolute Gasteiger partial charge is 0.325 e. The van der Waals surface area contributed by atoms with Crippen LogP contribution in [0.15, 0.2) is 0 Å². The quantitative estimate of drug-likeness (QED) is 0.635. The van der Waals surface area contributed by atoms with E-state index in [1.54, 1.807) is 0 Å². The van der Waals surface area contributed by atoms with E-state index in [1.165, 1.54) is 25.7 Å². The van der Waals surface area contributed by atoms with Crippen molar-refractivity contribution in [2.75, 3.05) is 7.05 Å². The molecule has 0 spiro atoms. The van der Waals surface area contributed by atoms with Crippen LogP contribution in [0.5, 0.6) is 0 Å². The van der Waals surface area contributed by atoms with Gasteiger partial charge in [0, 0.05) is 11.6 Å². The third kappa shape index (κ3) is 8.12. The summed E-state index contributed by atoms with van der Waals surface area (Å²) in [5.74, 6) is 0.761. The molecular weight excluding hydrogens is 196 g/mol. The second kappa shape index (κ2) is 8.08. The van der Waals surface area contributed by atoms with Gasteiger partial charge in [-0.05, 0) is 45.6 Å². The third-order valence-corrected chi connectivity index (χ3v) is 3.33. The lowest BCUT2D eigenvalue weighted by Gasteiger charge is -2.27. The molecule has 98 valence electrons. The number of hydrogen-bond acceptors (Lipinski definition) is 2. The summed E-state index contributed by atoms with van der Waals surface area (Å²) in [7, 11) is 2.06. The molecule has 0 amide bonds. The topological polar surface area (TPSA) is 38.0 Å². The minimum Gasteiger partial charge on any atom is -0.325 e. The molecule has 0 rings (SSSR count). The molecule has 0 fully saturated rings. The standard InChI is InChI=1S/C14H32N2/c1-6-7-9-14(4,15)10-8-13(16-5)11-12(2)3/h12-13,16H,6-11,15H2,1-5H3. The summed E-state index contributed by atoms with van der Waals surface area (Å²) in [6.07, 6.45) is 7.23. The number of hydrogen-bond donors (Lipinski definition) is 2. The van der Waals surface area contributed by atoms with E-state index in [2.05, 4.69) is 40.1 Å². The Hall–Kier alpha value is -0.0800. The van der Waals surface area contributed by atoms with Crippen LogP contribution in [0.1, 0.15) is 66.2 Å². The van der Waals surface area contributed by atoms with E-state index in [1.807, 2.05) is 0 Å². The first-order valence-electron chi connectivity index (χ1n) is 6.87. The van der Waals surface area contributed by atoms with Gasteiger partial charge in [0.05, 0.1) is 0 Å². The molecule has 0 aromatic heterocycles. The van der Waals surface area contributed by atoms with Crippen molar-refractivity contribution < 1.29 is 0 Å². The Labute approximate surface area is 102 Å². The van der Waals surface area contributed by atoms with Gasteiger partial charge in [0.25, 0.3) is 0 Å². The summed E-state index contributed by atoms with van der Waals surface area (Å²) >= 11 is 0. The van der Waals surface area contributed by atoms with Gasteiger partial charge in [-0.25, -0.2) is 0 Å². The zero-order valence-electron chi connectivity index (χ0n) is 12.0. The Bertz CT molecular complexity index is 164. The average molecular weight is 228 g/mol. The molecular formula is C14H32N2. The fourth-order valence-electron chi connectivity index (χ4n) is 2.16. The summed E-state index contributed by atoms with van der Waals surface area (Å²) in [5, 5.41) is 3.41. The summed E-state index contributed by atoms with van der Waals surface area (Å²) in [6, 6.07) is 0.629. The van der Waals surface area contributed by atoms with E-state index in [-0.39, 0.29) is 5.54 Å². The van der Waals surface area contributed by atoms with Gasteiger partial charge >= 0.3 is 0 Å². The van der Waals surface area contributed by atoms with Crippen LogP contribution in [0.2, 0.25) is 0 Å². The van der Waals surface area contributed by atoms with Gasteiger partial charge in [-0.2, -0.15) is 0 Å². The van der Waals surface area contributed by atoms with Crippen molar-refractivity contribution in [3.05, 3.63) is 0 Å². The molecule has 2 atom stereocenters. The average Bonchev–Trinajstić information content (AvgIpc) is 2.21. The highest BCUT2D eigenvalue weighted by molar-refractivity contribution is 4.81. The van der Waals surface area contributed by atoms with E-state index in [9.17, 15) is 0 Å². The van der Waals surface area contributed by atoms with Crippen molar-refractivity contribution in [2.45, 2.75) is 77.8 Å². The molecule has 0 saturated heterocycles. The molecule has 0 aliphatic rings. The van der Waals surface area contributed by atoms with Gasteiger partial charge < -0.3 is 11.1 Å². The zero-order chi connectivity index (χ0) is 12.6. The van der Waals surface area contributed by atoms with Crippen molar-refractivity contribution in [3.8, 4) is 0 Å². The van der Waals surface area contributed by atoms with Crippen molar-refractivity contribution >= 4 is 0 Å². The first-order valence-corrected chi connectivity index (χ1v) is 6.87. The first-order chi connectivity index (χ1) is 7.41. The van der Waals surface area contributed by atoms with Gasteiger partial charge in [-0.15, -0.1) is 0 Å². The van der Waals surface area contributed by atoms with E-state index >= 15 is 0 Å². The molecule has 0 saturated carbocycles. The zero-order valence-corrected chi connectivity index (χ0v) is 12.0. The number of nitrogens with two attached hydrogens (primary N) is 1. The maximum atomic E-state index is 6.31. The van der Waals surface area contributed by atoms with Crippen LogP contribution in [-0.2, 0) is 0 Å². The lowest BCUT2D eigenvalue weighted by atomic mass is 9.87. The highest BCUT2D eigenvalue weighted by Crippen LogP contribution is 2.20. The molecule has 2 heteroatoms. The molecule has 16 heavy (non-hydrogen) atoms. The Kier molecular flexibility index (Phi) is 8.04. The fraction of sp³-hybridized carbons (Fsp3) is 1.00. The minimum absolute atomic E-state index is 0.0299. The maximum Gasteiger partial charge on any atom is 0.0126 e. The monoisotopic (exact) mass is 228 g/mol. The lowest BCUT2D eigenvalue weighted by molar-refractivity contribution is 0.330. The number of unbranched alkanes of at least 4 members (excludes halogenated alkanes) is 1. The summed E-state index contributed by atoms with van der Waals surface area (Å²) < 4.78 is 0. The van der Waals surface area contributed by atoms with Crippen molar-refractivity contribution in [1.29, 1.82) is 0 Å². The van der Waals surface area contributed by atoms with Crippen molar-refractivity contribution in [2.24, 2.45) is 11.7 Å². The summed E-state index contributed by atoms with van der Waals surface area (Å²) in [5.41, 5.74) is 6.34. The molecule has 3 N–H and O–H groups in total. The van der Waals surface area contributed by atoms with Crippen LogP contribution in [-0.4, -0.2) is 18.6 Å². The van der Waals surface area contributed by atoms with E-state index in [0.29, 0.717) is 6.04 Å². The number of nitrogens with one attached hydrogen (secondary N) is 1. The molecule has 0 heterocycles. The predicted molar refractivity (Wildman–Crippen MR) is 73.7 cm³/mol. The van der Waals surface area contributed by atoms with E-state index < -0.39 is 0 Å². The van der Waals surface area contributed by atoms with Crippen LogP contribution in [0.4, 0.5) is 0 Å². The molecule has 0 aromatic carbocycles. The fourth-order valence-corrected chi connectivity index (χ4v) is 2.16. The Morgan fingerprint density at radius 3 is 2.31 bits per heavy atom. The molecule has 0 aliphatic heterocycles. The van der Waals surface area contributed by atoms with Crippen LogP contribution in [0.25, 0.3) is 0 Å². The number of rotatable bonds is 9. The van der Waals surface area contributed by atoms with Gasteiger partial charge in [-0.3, -0.25) is 0 Å². The SMILES string of the molecule is CCCCC(C)(N)CCC(CC(C)C)NC.